The number of carbonyl (C=O) groups is 1. The van der Waals surface area contributed by atoms with Crippen LogP contribution < -0.4 is 10.2 Å². The van der Waals surface area contributed by atoms with Gasteiger partial charge in [0.25, 0.3) is 0 Å². The molecule has 210 valence electrons. The fourth-order valence-electron chi connectivity index (χ4n) is 5.17. The molecule has 2 aromatic carbocycles. The number of rotatable bonds is 13. The molecule has 0 aromatic heterocycles. The van der Waals surface area contributed by atoms with Gasteiger partial charge in [-0.3, -0.25) is 10.1 Å². The molecule has 0 saturated carbocycles. The second-order valence-corrected chi connectivity index (χ2v) is 12.9. The minimum absolute atomic E-state index is 0.0184. The summed E-state index contributed by atoms with van der Waals surface area (Å²) in [6.45, 7) is 4.21. The van der Waals surface area contributed by atoms with Gasteiger partial charge in [-0.1, -0.05) is 39.5 Å². The second kappa shape index (κ2) is 13.3. The molecule has 1 aliphatic heterocycles. The molecule has 1 atom stereocenters. The number of fused-ring (bicyclic) bond motifs is 1. The summed E-state index contributed by atoms with van der Waals surface area (Å²) >= 11 is 1.44. The van der Waals surface area contributed by atoms with E-state index in [0.717, 1.165) is 49.1 Å². The summed E-state index contributed by atoms with van der Waals surface area (Å²) in [6.07, 6.45) is 7.17. The van der Waals surface area contributed by atoms with Crippen LogP contribution in [0.1, 0.15) is 57.9 Å². The predicted octanol–water partition coefficient (Wildman–Crippen LogP) is 5.37. The number of hydrogen-bond donors (Lipinski definition) is 3. The third-order valence-corrected chi connectivity index (χ3v) is 10.1. The van der Waals surface area contributed by atoms with E-state index in [1.807, 2.05) is 17.2 Å². The highest BCUT2D eigenvalue weighted by atomic mass is 32.2. The highest BCUT2D eigenvalue weighted by Crippen LogP contribution is 2.46. The van der Waals surface area contributed by atoms with Gasteiger partial charge in [-0.15, -0.1) is 11.8 Å². The summed E-state index contributed by atoms with van der Waals surface area (Å²) < 4.78 is 42.0. The van der Waals surface area contributed by atoms with Crippen molar-refractivity contribution >= 4 is 38.9 Å². The van der Waals surface area contributed by atoms with Gasteiger partial charge in [-0.25, -0.2) is 12.8 Å². The van der Waals surface area contributed by atoms with E-state index < -0.39 is 33.9 Å². The number of nitrogens with zero attached hydrogens (tertiary/aromatic N) is 1. The molecule has 3 N–H and O–H groups in total. The van der Waals surface area contributed by atoms with E-state index in [2.05, 4.69) is 19.2 Å². The molecule has 7 nitrogen and oxygen atoms in total. The fraction of sp³-hybridized carbons (Fsp3) is 0.536. The zero-order chi connectivity index (χ0) is 27.9. The number of benzene rings is 2. The molecule has 1 unspecified atom stereocenters. The molecule has 2 aromatic rings. The standard InChI is InChI=1S/C28H39FN2O5S2/c1-4-6-12-28(13-7-5-2)18-31(22-10-8-21(29)9-11-22)24-15-25(37-3)20(14-26(24)38(35,36)19-28)16-30-23(17-32)27(33)34/h8-11,14-15,23,30,32H,4-7,12-13,16-19H2,1-3H3,(H,33,34). The van der Waals surface area contributed by atoms with Crippen LogP contribution in [-0.4, -0.2) is 55.8 Å². The summed E-state index contributed by atoms with van der Waals surface area (Å²) in [5.74, 6) is -1.52. The number of hydrogen-bond acceptors (Lipinski definition) is 7. The van der Waals surface area contributed by atoms with Crippen LogP contribution in [0.4, 0.5) is 15.8 Å². The van der Waals surface area contributed by atoms with E-state index >= 15 is 0 Å². The Balaban J connectivity index is 2.20. The molecule has 0 fully saturated rings. The van der Waals surface area contributed by atoms with Crippen molar-refractivity contribution in [3.8, 4) is 0 Å². The molecule has 0 amide bonds. The summed E-state index contributed by atoms with van der Waals surface area (Å²) in [5, 5.41) is 21.5. The van der Waals surface area contributed by atoms with Gasteiger partial charge in [-0.2, -0.15) is 0 Å². The summed E-state index contributed by atoms with van der Waals surface area (Å²) in [4.78, 5) is 14.4. The van der Waals surface area contributed by atoms with E-state index in [0.29, 0.717) is 17.8 Å². The lowest BCUT2D eigenvalue weighted by molar-refractivity contribution is -0.140. The molecule has 0 aliphatic carbocycles. The smallest absolute Gasteiger partial charge is 0.323 e. The number of aliphatic hydroxyl groups is 1. The SMILES string of the molecule is CCCCC1(CCCC)CN(c2ccc(F)cc2)c2cc(SC)c(CNC(CO)C(=O)O)cc2S(=O)(=O)C1. The Morgan fingerprint density at radius 1 is 1.16 bits per heavy atom. The molecular formula is C28H39FN2O5S2. The van der Waals surface area contributed by atoms with Crippen LogP contribution in [0.3, 0.4) is 0 Å². The molecule has 38 heavy (non-hydrogen) atoms. The fourth-order valence-corrected chi connectivity index (χ4v) is 7.95. The van der Waals surface area contributed by atoms with Crippen LogP contribution >= 0.6 is 11.8 Å². The largest absolute Gasteiger partial charge is 0.480 e. The van der Waals surface area contributed by atoms with Gasteiger partial charge < -0.3 is 15.1 Å². The highest BCUT2D eigenvalue weighted by Gasteiger charge is 2.42. The zero-order valence-electron chi connectivity index (χ0n) is 22.4. The predicted molar refractivity (Wildman–Crippen MR) is 151 cm³/mol. The van der Waals surface area contributed by atoms with Crippen molar-refractivity contribution in [2.24, 2.45) is 5.41 Å². The number of aliphatic carboxylic acids is 1. The second-order valence-electron chi connectivity index (χ2n) is 10.1. The van der Waals surface area contributed by atoms with Crippen molar-refractivity contribution in [2.75, 3.05) is 30.1 Å². The van der Waals surface area contributed by atoms with E-state index in [-0.39, 0.29) is 23.0 Å². The number of halogens is 1. The maximum atomic E-state index is 14.1. The molecule has 1 aliphatic rings. The van der Waals surface area contributed by atoms with Crippen molar-refractivity contribution in [3.63, 3.8) is 0 Å². The van der Waals surface area contributed by atoms with Crippen molar-refractivity contribution in [2.45, 2.75) is 74.7 Å². The lowest BCUT2D eigenvalue weighted by Crippen LogP contribution is -2.39. The lowest BCUT2D eigenvalue weighted by atomic mass is 9.79. The van der Waals surface area contributed by atoms with Crippen LogP contribution in [0.2, 0.25) is 0 Å². The first-order valence-corrected chi connectivity index (χ1v) is 16.0. The molecule has 0 spiro atoms. The maximum absolute atomic E-state index is 14.1. The number of carboxylic acids is 1. The first-order valence-electron chi connectivity index (χ1n) is 13.1. The first-order chi connectivity index (χ1) is 18.1. The van der Waals surface area contributed by atoms with Gasteiger partial charge in [0.15, 0.2) is 9.84 Å². The van der Waals surface area contributed by atoms with Crippen LogP contribution in [0.5, 0.6) is 0 Å². The van der Waals surface area contributed by atoms with Crippen LogP contribution in [0, 0.1) is 11.2 Å². The number of nitrogens with one attached hydrogen (secondary N) is 1. The Bertz CT molecular complexity index is 1200. The average Bonchev–Trinajstić information content (AvgIpc) is 2.98. The van der Waals surface area contributed by atoms with Gasteiger partial charge in [0.05, 0.1) is 22.9 Å². The molecule has 0 saturated heterocycles. The topological polar surface area (TPSA) is 107 Å². The van der Waals surface area contributed by atoms with Crippen molar-refractivity contribution in [3.05, 3.63) is 47.8 Å². The van der Waals surface area contributed by atoms with Crippen molar-refractivity contribution in [1.82, 2.24) is 5.32 Å². The van der Waals surface area contributed by atoms with Gasteiger partial charge in [-0.05, 0) is 61.1 Å². The first kappa shape index (κ1) is 30.4. The van der Waals surface area contributed by atoms with Gasteiger partial charge in [0, 0.05) is 29.1 Å². The molecule has 3 rings (SSSR count). The number of sulfone groups is 1. The van der Waals surface area contributed by atoms with E-state index in [9.17, 15) is 27.8 Å². The van der Waals surface area contributed by atoms with Gasteiger partial charge >= 0.3 is 5.97 Å². The van der Waals surface area contributed by atoms with Crippen molar-refractivity contribution in [1.29, 1.82) is 0 Å². The molecule has 1 heterocycles. The molecular weight excluding hydrogens is 527 g/mol. The quantitative estimate of drug-likeness (QED) is 0.278. The van der Waals surface area contributed by atoms with Crippen LogP contribution in [0.15, 0.2) is 46.2 Å². The average molecular weight is 567 g/mol. The van der Waals surface area contributed by atoms with E-state index in [4.69, 9.17) is 0 Å². The number of aliphatic hydroxyl groups excluding tert-OH is 1. The van der Waals surface area contributed by atoms with Crippen molar-refractivity contribution < 1.29 is 27.8 Å². The Labute approximate surface area is 229 Å². The number of thioether (sulfide) groups is 1. The van der Waals surface area contributed by atoms with E-state index in [1.165, 1.54) is 23.9 Å². The van der Waals surface area contributed by atoms with E-state index in [1.54, 1.807) is 18.2 Å². The monoisotopic (exact) mass is 566 g/mol. The Morgan fingerprint density at radius 3 is 2.32 bits per heavy atom. The molecule has 10 heteroatoms. The van der Waals surface area contributed by atoms with Gasteiger partial charge in [0.1, 0.15) is 11.9 Å². The Hall–Kier alpha value is -2.14. The third-order valence-electron chi connectivity index (χ3n) is 7.26. The summed E-state index contributed by atoms with van der Waals surface area (Å²) in [5.41, 5.74) is 1.46. The maximum Gasteiger partial charge on any atom is 0.323 e. The van der Waals surface area contributed by atoms with Gasteiger partial charge in [0.2, 0.25) is 0 Å². The molecule has 0 bridgehead atoms. The Kier molecular flexibility index (Phi) is 10.6. The lowest BCUT2D eigenvalue weighted by Gasteiger charge is -2.37. The van der Waals surface area contributed by atoms with Crippen LogP contribution in [0.25, 0.3) is 0 Å². The number of anilines is 2. The van der Waals surface area contributed by atoms with Crippen LogP contribution in [-0.2, 0) is 21.2 Å². The minimum Gasteiger partial charge on any atom is -0.480 e. The number of unbranched alkanes of at least 4 members (excludes halogenated alkanes) is 2. The zero-order valence-corrected chi connectivity index (χ0v) is 24.0. The summed E-state index contributed by atoms with van der Waals surface area (Å²) in [7, 11) is -3.72. The highest BCUT2D eigenvalue weighted by molar-refractivity contribution is 7.98. The summed E-state index contributed by atoms with van der Waals surface area (Å²) in [6, 6.07) is 8.50. The minimum atomic E-state index is -3.72. The Morgan fingerprint density at radius 2 is 1.79 bits per heavy atom. The normalized spacial score (nSPS) is 17.0. The number of carboxylic acid groups (broad SMARTS) is 1. The molecule has 0 radical (unpaired) electrons. The third kappa shape index (κ3) is 7.08.